The molecule has 5 rings (SSSR count). The van der Waals surface area contributed by atoms with Crippen LogP contribution in [0, 0.1) is 6.92 Å². The Hall–Kier alpha value is -3.26. The molecule has 0 spiro atoms. The highest BCUT2D eigenvalue weighted by Gasteiger charge is 2.34. The summed E-state index contributed by atoms with van der Waals surface area (Å²) in [5.74, 6) is 1.00. The third kappa shape index (κ3) is 5.28. The molecular formula is C28H35N3O5. The molecule has 192 valence electrons. The maximum Gasteiger partial charge on any atom is 0.407 e. The van der Waals surface area contributed by atoms with Gasteiger partial charge in [-0.2, -0.15) is 5.10 Å². The Labute approximate surface area is 211 Å². The SMILES string of the molecule is Cc1cc(O)ccc1-c1cc(OC2CC(NC(=O)OC(C)(C)C)C2)c2cnn(C3CCCCO3)c2c1. The lowest BCUT2D eigenvalue weighted by Gasteiger charge is -2.36. The highest BCUT2D eigenvalue weighted by molar-refractivity contribution is 5.91. The lowest BCUT2D eigenvalue weighted by Crippen LogP contribution is -2.50. The molecule has 1 aliphatic heterocycles. The van der Waals surface area contributed by atoms with Crippen LogP contribution in [0.5, 0.6) is 11.5 Å². The van der Waals surface area contributed by atoms with Gasteiger partial charge in [-0.1, -0.05) is 6.07 Å². The van der Waals surface area contributed by atoms with E-state index in [9.17, 15) is 9.90 Å². The van der Waals surface area contributed by atoms with Crippen LogP contribution in [-0.4, -0.2) is 45.3 Å². The minimum absolute atomic E-state index is 0.0152. The molecule has 36 heavy (non-hydrogen) atoms. The van der Waals surface area contributed by atoms with Crippen molar-refractivity contribution in [2.75, 3.05) is 6.61 Å². The fourth-order valence-corrected chi connectivity index (χ4v) is 4.92. The summed E-state index contributed by atoms with van der Waals surface area (Å²) in [5.41, 5.74) is 3.44. The van der Waals surface area contributed by atoms with Gasteiger partial charge in [-0.25, -0.2) is 9.48 Å². The van der Waals surface area contributed by atoms with E-state index in [-0.39, 0.29) is 24.1 Å². The maximum absolute atomic E-state index is 12.1. The van der Waals surface area contributed by atoms with Crippen molar-refractivity contribution in [2.24, 2.45) is 0 Å². The van der Waals surface area contributed by atoms with E-state index >= 15 is 0 Å². The second-order valence-corrected chi connectivity index (χ2v) is 10.9. The van der Waals surface area contributed by atoms with Gasteiger partial charge in [0, 0.05) is 25.5 Å². The van der Waals surface area contributed by atoms with E-state index in [1.165, 1.54) is 0 Å². The van der Waals surface area contributed by atoms with Crippen molar-refractivity contribution in [3.05, 3.63) is 42.1 Å². The molecule has 3 aromatic rings. The van der Waals surface area contributed by atoms with Crippen LogP contribution in [0.15, 0.2) is 36.5 Å². The van der Waals surface area contributed by atoms with E-state index in [0.29, 0.717) is 12.8 Å². The molecule has 1 amide bonds. The monoisotopic (exact) mass is 493 g/mol. The van der Waals surface area contributed by atoms with Crippen molar-refractivity contribution >= 4 is 17.0 Å². The fourth-order valence-electron chi connectivity index (χ4n) is 4.92. The van der Waals surface area contributed by atoms with Gasteiger partial charge in [0.25, 0.3) is 0 Å². The van der Waals surface area contributed by atoms with Crippen LogP contribution in [0.1, 0.15) is 64.7 Å². The molecule has 8 heteroatoms. The number of aromatic hydroxyl groups is 1. The number of phenolic OH excluding ortho intramolecular Hbond substituents is 1. The number of nitrogens with one attached hydrogen (secondary N) is 1. The summed E-state index contributed by atoms with van der Waals surface area (Å²) in [5, 5.41) is 18.5. The lowest BCUT2D eigenvalue weighted by molar-refractivity contribution is -0.0366. The molecule has 2 aromatic carbocycles. The Morgan fingerprint density at radius 2 is 2.00 bits per heavy atom. The van der Waals surface area contributed by atoms with E-state index in [1.54, 1.807) is 12.1 Å². The number of benzene rings is 2. The lowest BCUT2D eigenvalue weighted by atomic mass is 9.89. The molecule has 1 saturated carbocycles. The third-order valence-corrected chi connectivity index (χ3v) is 6.74. The molecule has 0 radical (unpaired) electrons. The summed E-state index contributed by atoms with van der Waals surface area (Å²) in [6.45, 7) is 8.28. The zero-order valence-corrected chi connectivity index (χ0v) is 21.4. The topological polar surface area (TPSA) is 94.8 Å². The number of fused-ring (bicyclic) bond motifs is 1. The van der Waals surface area contributed by atoms with Crippen molar-refractivity contribution in [1.82, 2.24) is 15.1 Å². The number of ether oxygens (including phenoxy) is 3. The van der Waals surface area contributed by atoms with Crippen LogP contribution in [0.25, 0.3) is 22.0 Å². The standard InChI is InChI=1S/C28H35N3O5/c1-17-11-20(32)8-9-22(17)18-12-24-23(16-29-31(24)26-7-5-6-10-34-26)25(13-18)35-21-14-19(15-21)30-27(33)36-28(2,3)4/h8-9,11-13,16,19,21,26,32H,5-7,10,14-15H2,1-4H3,(H,30,33). The smallest absolute Gasteiger partial charge is 0.407 e. The van der Waals surface area contributed by atoms with Gasteiger partial charge in [-0.15, -0.1) is 0 Å². The van der Waals surface area contributed by atoms with Crippen molar-refractivity contribution in [1.29, 1.82) is 0 Å². The van der Waals surface area contributed by atoms with Gasteiger partial charge in [-0.3, -0.25) is 0 Å². The van der Waals surface area contributed by atoms with Crippen molar-refractivity contribution in [3.8, 4) is 22.6 Å². The van der Waals surface area contributed by atoms with Gasteiger partial charge < -0.3 is 24.6 Å². The van der Waals surface area contributed by atoms with Crippen LogP contribution in [-0.2, 0) is 9.47 Å². The second kappa shape index (κ2) is 9.65. The highest BCUT2D eigenvalue weighted by Crippen LogP contribution is 2.39. The summed E-state index contributed by atoms with van der Waals surface area (Å²) < 4.78 is 19.8. The first-order valence-corrected chi connectivity index (χ1v) is 12.8. The van der Waals surface area contributed by atoms with Gasteiger partial charge in [-0.05, 0) is 87.9 Å². The molecule has 1 saturated heterocycles. The number of phenols is 1. The van der Waals surface area contributed by atoms with E-state index in [2.05, 4.69) is 16.5 Å². The summed E-state index contributed by atoms with van der Waals surface area (Å²) in [7, 11) is 0. The average molecular weight is 494 g/mol. The largest absolute Gasteiger partial charge is 0.508 e. The molecular weight excluding hydrogens is 458 g/mol. The van der Waals surface area contributed by atoms with Crippen LogP contribution < -0.4 is 10.1 Å². The van der Waals surface area contributed by atoms with Gasteiger partial charge in [0.2, 0.25) is 0 Å². The quantitative estimate of drug-likeness (QED) is 0.463. The number of hydrogen-bond donors (Lipinski definition) is 2. The molecule has 2 aliphatic rings. The average Bonchev–Trinajstić information content (AvgIpc) is 3.21. The number of nitrogens with zero attached hydrogens (tertiary/aromatic N) is 2. The van der Waals surface area contributed by atoms with Crippen LogP contribution in [0.4, 0.5) is 4.79 Å². The molecule has 1 unspecified atom stereocenters. The first kappa shape index (κ1) is 24.4. The van der Waals surface area contributed by atoms with E-state index in [4.69, 9.17) is 14.2 Å². The normalized spacial score (nSPS) is 22.2. The summed E-state index contributed by atoms with van der Waals surface area (Å²) in [4.78, 5) is 12.1. The van der Waals surface area contributed by atoms with E-state index in [0.717, 1.165) is 59.2 Å². The number of carbonyl (C=O) groups excluding carboxylic acids is 1. The molecule has 1 aromatic heterocycles. The Morgan fingerprint density at radius 1 is 1.19 bits per heavy atom. The van der Waals surface area contributed by atoms with Crippen molar-refractivity contribution in [3.63, 3.8) is 0 Å². The Morgan fingerprint density at radius 3 is 2.69 bits per heavy atom. The van der Waals surface area contributed by atoms with Crippen molar-refractivity contribution < 1.29 is 24.1 Å². The molecule has 0 bridgehead atoms. The molecule has 1 atom stereocenters. The molecule has 2 N–H and O–H groups in total. The van der Waals surface area contributed by atoms with Crippen molar-refractivity contribution in [2.45, 2.75) is 83.8 Å². The number of aryl methyl sites for hydroxylation is 1. The van der Waals surface area contributed by atoms with Gasteiger partial charge in [0.05, 0.1) is 17.1 Å². The fraction of sp³-hybridized carbons (Fsp3) is 0.500. The minimum Gasteiger partial charge on any atom is -0.508 e. The number of hydrogen-bond acceptors (Lipinski definition) is 6. The molecule has 8 nitrogen and oxygen atoms in total. The minimum atomic E-state index is -0.523. The highest BCUT2D eigenvalue weighted by atomic mass is 16.6. The Kier molecular flexibility index (Phi) is 6.55. The Balaban J connectivity index is 1.40. The number of alkyl carbamates (subject to hydrolysis) is 1. The Bertz CT molecular complexity index is 1250. The number of aromatic nitrogens is 2. The first-order chi connectivity index (χ1) is 17.2. The molecule has 2 fully saturated rings. The number of rotatable bonds is 5. The summed E-state index contributed by atoms with van der Waals surface area (Å²) in [6, 6.07) is 9.59. The molecule has 2 heterocycles. The zero-order chi connectivity index (χ0) is 25.4. The second-order valence-electron chi connectivity index (χ2n) is 10.9. The van der Waals surface area contributed by atoms with Crippen LogP contribution in [0.2, 0.25) is 0 Å². The molecule has 1 aliphatic carbocycles. The number of carbonyl (C=O) groups is 1. The predicted octanol–water partition coefficient (Wildman–Crippen LogP) is 5.85. The van der Waals surface area contributed by atoms with Crippen LogP contribution in [0.3, 0.4) is 0 Å². The van der Waals surface area contributed by atoms with Gasteiger partial charge in [0.1, 0.15) is 23.2 Å². The van der Waals surface area contributed by atoms with Gasteiger partial charge in [0.15, 0.2) is 6.23 Å². The first-order valence-electron chi connectivity index (χ1n) is 12.8. The third-order valence-electron chi connectivity index (χ3n) is 6.74. The predicted molar refractivity (Wildman–Crippen MR) is 137 cm³/mol. The van der Waals surface area contributed by atoms with E-state index < -0.39 is 11.7 Å². The van der Waals surface area contributed by atoms with Crippen LogP contribution >= 0.6 is 0 Å². The maximum atomic E-state index is 12.1. The zero-order valence-electron chi connectivity index (χ0n) is 21.4. The summed E-state index contributed by atoms with van der Waals surface area (Å²) >= 11 is 0. The van der Waals surface area contributed by atoms with Gasteiger partial charge >= 0.3 is 6.09 Å². The van der Waals surface area contributed by atoms with E-state index in [1.807, 2.05) is 50.7 Å². The summed E-state index contributed by atoms with van der Waals surface area (Å²) in [6.07, 6.45) is 5.88. The number of amides is 1.